The van der Waals surface area contributed by atoms with E-state index in [0.29, 0.717) is 12.1 Å². The van der Waals surface area contributed by atoms with Crippen molar-refractivity contribution in [2.45, 2.75) is 31.3 Å². The van der Waals surface area contributed by atoms with Crippen LogP contribution in [0.1, 0.15) is 19.3 Å². The van der Waals surface area contributed by atoms with Crippen molar-refractivity contribution in [1.29, 1.82) is 0 Å². The molecule has 1 fully saturated rings. The van der Waals surface area contributed by atoms with Crippen LogP contribution in [0.25, 0.3) is 5.69 Å². The highest BCUT2D eigenvalue weighted by molar-refractivity contribution is 5.61. The maximum Gasteiger partial charge on any atom is 0.138 e. The molecule has 3 rings (SSSR count). The molecule has 3 N–H and O–H groups in total. The summed E-state index contributed by atoms with van der Waals surface area (Å²) in [6.45, 7) is 0. The third-order valence-electron chi connectivity index (χ3n) is 3.40. The number of benzene rings is 1. The fourth-order valence-corrected chi connectivity index (χ4v) is 2.50. The molecule has 1 saturated carbocycles. The minimum atomic E-state index is 0.334. The van der Waals surface area contributed by atoms with Gasteiger partial charge in [0.1, 0.15) is 12.7 Å². The summed E-state index contributed by atoms with van der Waals surface area (Å²) in [6, 6.07) is 8.93. The summed E-state index contributed by atoms with van der Waals surface area (Å²) in [5.74, 6) is 0. The standard InChI is InChI=1S/C13H17N5/c14-10-5-6-11(7-10)17-12-3-1-2-4-13(12)18-9-15-8-16-18/h1-4,8-11,17H,5-7,14H2. The summed E-state index contributed by atoms with van der Waals surface area (Å²) in [5, 5.41) is 7.74. The Morgan fingerprint density at radius 2 is 2.17 bits per heavy atom. The lowest BCUT2D eigenvalue weighted by Gasteiger charge is -2.17. The topological polar surface area (TPSA) is 68.8 Å². The summed E-state index contributed by atoms with van der Waals surface area (Å²) >= 11 is 0. The predicted octanol–water partition coefficient (Wildman–Crippen LogP) is 1.56. The Hall–Kier alpha value is -1.88. The molecule has 1 aliphatic carbocycles. The zero-order chi connectivity index (χ0) is 12.4. The van der Waals surface area contributed by atoms with Gasteiger partial charge in [-0.15, -0.1) is 0 Å². The minimum Gasteiger partial charge on any atom is -0.381 e. The van der Waals surface area contributed by atoms with Gasteiger partial charge in [0, 0.05) is 12.1 Å². The third-order valence-corrected chi connectivity index (χ3v) is 3.40. The van der Waals surface area contributed by atoms with Gasteiger partial charge in [0.05, 0.1) is 11.4 Å². The summed E-state index contributed by atoms with van der Waals surface area (Å²) in [7, 11) is 0. The first-order chi connectivity index (χ1) is 8.83. The van der Waals surface area contributed by atoms with Crippen LogP contribution in [0, 0.1) is 0 Å². The molecule has 94 valence electrons. The van der Waals surface area contributed by atoms with Crippen LogP contribution >= 0.6 is 0 Å². The average molecular weight is 243 g/mol. The smallest absolute Gasteiger partial charge is 0.138 e. The monoisotopic (exact) mass is 243 g/mol. The molecule has 0 radical (unpaired) electrons. The first-order valence-corrected chi connectivity index (χ1v) is 6.29. The predicted molar refractivity (Wildman–Crippen MR) is 70.6 cm³/mol. The minimum absolute atomic E-state index is 0.334. The molecule has 0 aliphatic heterocycles. The molecule has 18 heavy (non-hydrogen) atoms. The highest BCUT2D eigenvalue weighted by atomic mass is 15.3. The first-order valence-electron chi connectivity index (χ1n) is 6.29. The van der Waals surface area contributed by atoms with Crippen molar-refractivity contribution in [3.63, 3.8) is 0 Å². The first kappa shape index (κ1) is 11.2. The van der Waals surface area contributed by atoms with E-state index in [0.717, 1.165) is 30.6 Å². The van der Waals surface area contributed by atoms with E-state index in [1.54, 1.807) is 17.3 Å². The van der Waals surface area contributed by atoms with Crippen LogP contribution in [0.3, 0.4) is 0 Å². The molecule has 1 aromatic heterocycles. The van der Waals surface area contributed by atoms with Crippen LogP contribution in [0.4, 0.5) is 5.69 Å². The second-order valence-corrected chi connectivity index (χ2v) is 4.77. The van der Waals surface area contributed by atoms with E-state index in [1.807, 2.05) is 18.2 Å². The number of aromatic nitrogens is 3. The van der Waals surface area contributed by atoms with Gasteiger partial charge in [0.25, 0.3) is 0 Å². The van der Waals surface area contributed by atoms with Crippen LogP contribution in [0.2, 0.25) is 0 Å². The molecule has 0 saturated heterocycles. The second-order valence-electron chi connectivity index (χ2n) is 4.77. The van der Waals surface area contributed by atoms with E-state index >= 15 is 0 Å². The van der Waals surface area contributed by atoms with Gasteiger partial charge in [-0.3, -0.25) is 0 Å². The number of rotatable bonds is 3. The second kappa shape index (κ2) is 4.78. The number of nitrogens with two attached hydrogens (primary N) is 1. The normalized spacial score (nSPS) is 23.2. The number of hydrogen-bond donors (Lipinski definition) is 2. The molecule has 0 spiro atoms. The van der Waals surface area contributed by atoms with Gasteiger partial charge in [-0.05, 0) is 31.4 Å². The van der Waals surface area contributed by atoms with Gasteiger partial charge < -0.3 is 11.1 Å². The van der Waals surface area contributed by atoms with Gasteiger partial charge in [-0.25, -0.2) is 9.67 Å². The zero-order valence-electron chi connectivity index (χ0n) is 10.2. The van der Waals surface area contributed by atoms with E-state index in [1.165, 1.54) is 0 Å². The lowest BCUT2D eigenvalue weighted by Crippen LogP contribution is -2.21. The fourth-order valence-electron chi connectivity index (χ4n) is 2.50. The van der Waals surface area contributed by atoms with Crippen molar-refractivity contribution in [3.8, 4) is 5.69 Å². The number of nitrogens with one attached hydrogen (secondary N) is 1. The lowest BCUT2D eigenvalue weighted by molar-refractivity contribution is 0.687. The molecule has 2 atom stereocenters. The van der Waals surface area contributed by atoms with Crippen molar-refractivity contribution in [1.82, 2.24) is 14.8 Å². The Morgan fingerprint density at radius 3 is 2.89 bits per heavy atom. The van der Waals surface area contributed by atoms with E-state index < -0.39 is 0 Å². The number of anilines is 1. The molecule has 2 unspecified atom stereocenters. The van der Waals surface area contributed by atoms with E-state index in [4.69, 9.17) is 5.73 Å². The van der Waals surface area contributed by atoms with Gasteiger partial charge in [-0.1, -0.05) is 12.1 Å². The van der Waals surface area contributed by atoms with Crippen molar-refractivity contribution in [3.05, 3.63) is 36.9 Å². The Bertz CT molecular complexity index is 508. The van der Waals surface area contributed by atoms with Crippen LogP contribution in [-0.4, -0.2) is 26.8 Å². The molecule has 1 heterocycles. The third kappa shape index (κ3) is 2.22. The highest BCUT2D eigenvalue weighted by Gasteiger charge is 2.22. The van der Waals surface area contributed by atoms with Crippen LogP contribution < -0.4 is 11.1 Å². The van der Waals surface area contributed by atoms with E-state index in [2.05, 4.69) is 21.5 Å². The Kier molecular flexibility index (Phi) is 2.98. The van der Waals surface area contributed by atoms with Crippen molar-refractivity contribution >= 4 is 5.69 Å². The molecule has 5 heteroatoms. The molecule has 0 amide bonds. The van der Waals surface area contributed by atoms with Gasteiger partial charge in [0.2, 0.25) is 0 Å². The van der Waals surface area contributed by atoms with Crippen molar-refractivity contribution in [2.75, 3.05) is 5.32 Å². The molecular weight excluding hydrogens is 226 g/mol. The van der Waals surface area contributed by atoms with Gasteiger partial charge >= 0.3 is 0 Å². The van der Waals surface area contributed by atoms with Crippen LogP contribution in [-0.2, 0) is 0 Å². The molecule has 1 aromatic carbocycles. The Morgan fingerprint density at radius 1 is 1.28 bits per heavy atom. The number of para-hydroxylation sites is 2. The summed E-state index contributed by atoms with van der Waals surface area (Å²) in [4.78, 5) is 3.99. The van der Waals surface area contributed by atoms with E-state index in [-0.39, 0.29) is 0 Å². The maximum atomic E-state index is 5.94. The molecule has 0 bridgehead atoms. The van der Waals surface area contributed by atoms with Crippen molar-refractivity contribution in [2.24, 2.45) is 5.73 Å². The van der Waals surface area contributed by atoms with Crippen LogP contribution in [0.5, 0.6) is 0 Å². The maximum absolute atomic E-state index is 5.94. The summed E-state index contributed by atoms with van der Waals surface area (Å²) in [6.07, 6.45) is 6.52. The Balaban J connectivity index is 1.84. The molecular formula is C13H17N5. The Labute approximate surface area is 106 Å². The van der Waals surface area contributed by atoms with Gasteiger partial charge in [0.15, 0.2) is 0 Å². The largest absolute Gasteiger partial charge is 0.381 e. The zero-order valence-corrected chi connectivity index (χ0v) is 10.2. The highest BCUT2D eigenvalue weighted by Crippen LogP contribution is 2.25. The fraction of sp³-hybridized carbons (Fsp3) is 0.385. The molecule has 1 aliphatic rings. The molecule has 2 aromatic rings. The summed E-state index contributed by atoms with van der Waals surface area (Å²) in [5.41, 5.74) is 8.05. The van der Waals surface area contributed by atoms with Gasteiger partial charge in [-0.2, -0.15) is 5.10 Å². The molecule has 5 nitrogen and oxygen atoms in total. The lowest BCUT2D eigenvalue weighted by atomic mass is 10.2. The number of nitrogens with zero attached hydrogens (tertiary/aromatic N) is 3. The SMILES string of the molecule is NC1CCC(Nc2ccccc2-n2cncn2)C1. The quantitative estimate of drug-likeness (QED) is 0.858. The van der Waals surface area contributed by atoms with Crippen LogP contribution in [0.15, 0.2) is 36.9 Å². The average Bonchev–Trinajstić information content (AvgIpc) is 3.02. The van der Waals surface area contributed by atoms with E-state index in [9.17, 15) is 0 Å². The summed E-state index contributed by atoms with van der Waals surface area (Å²) < 4.78 is 1.78. The number of hydrogen-bond acceptors (Lipinski definition) is 4. The van der Waals surface area contributed by atoms with Crippen molar-refractivity contribution < 1.29 is 0 Å².